The molecule has 1 aliphatic heterocycles. The summed E-state index contributed by atoms with van der Waals surface area (Å²) in [6, 6.07) is 24.6. The molecule has 184 valence electrons. The van der Waals surface area contributed by atoms with Crippen molar-refractivity contribution in [3.8, 4) is 0 Å². The van der Waals surface area contributed by atoms with E-state index in [9.17, 15) is 9.59 Å². The number of nitrogens with zero attached hydrogens (tertiary/aromatic N) is 3. The van der Waals surface area contributed by atoms with Crippen LogP contribution in [-0.2, 0) is 29.7 Å². The molecular formula is C31H28N4O2. The van der Waals surface area contributed by atoms with Gasteiger partial charge in [-0.3, -0.25) is 14.9 Å². The van der Waals surface area contributed by atoms with Crippen LogP contribution in [0.25, 0.3) is 33.0 Å². The number of para-hydroxylation sites is 2. The van der Waals surface area contributed by atoms with Crippen molar-refractivity contribution in [3.05, 3.63) is 107 Å². The largest absolute Gasteiger partial charge is 0.350 e. The molecule has 6 heteroatoms. The molecule has 0 saturated carbocycles. The maximum Gasteiger partial charge on any atom is 0.259 e. The van der Waals surface area contributed by atoms with E-state index in [4.69, 9.17) is 0 Å². The highest BCUT2D eigenvalue weighted by Gasteiger charge is 2.35. The Labute approximate surface area is 215 Å². The van der Waals surface area contributed by atoms with E-state index >= 15 is 0 Å². The first kappa shape index (κ1) is 23.0. The standard InChI is InChI=1S/C31H28N4O2/c1-33(2)16-20-12-14-21(15-13-20)17-35-19-25(23-9-5-7-11-27(23)35)29-28(30(36)32-31(29)37)24-18-34(3)26-10-6-4-8-22(24)26/h4-15,18-19H,16-17H2,1-3H3,(H,32,36,37). The van der Waals surface area contributed by atoms with Gasteiger partial charge in [-0.15, -0.1) is 0 Å². The SMILES string of the molecule is CN(C)Cc1ccc(Cn2cc(C3=C(c4cn(C)c5ccccc45)C(=O)NC3=O)c3ccccc32)cc1. The van der Waals surface area contributed by atoms with Crippen LogP contribution >= 0.6 is 0 Å². The normalized spacial score (nSPS) is 13.9. The topological polar surface area (TPSA) is 59.3 Å². The minimum absolute atomic E-state index is 0.357. The van der Waals surface area contributed by atoms with Gasteiger partial charge in [0.05, 0.1) is 11.1 Å². The van der Waals surface area contributed by atoms with Crippen LogP contribution in [0.15, 0.2) is 85.2 Å². The van der Waals surface area contributed by atoms with E-state index in [1.165, 1.54) is 11.1 Å². The van der Waals surface area contributed by atoms with Gasteiger partial charge in [0.25, 0.3) is 11.8 Å². The molecule has 5 aromatic rings. The fourth-order valence-electron chi connectivity index (χ4n) is 5.40. The zero-order valence-electron chi connectivity index (χ0n) is 21.2. The molecule has 3 aromatic carbocycles. The Morgan fingerprint density at radius 1 is 0.703 bits per heavy atom. The van der Waals surface area contributed by atoms with Crippen LogP contribution in [0.1, 0.15) is 22.3 Å². The number of carbonyl (C=O) groups is 2. The summed E-state index contributed by atoms with van der Waals surface area (Å²) >= 11 is 0. The van der Waals surface area contributed by atoms with Gasteiger partial charge in [0.2, 0.25) is 0 Å². The third-order valence-electron chi connectivity index (χ3n) is 7.03. The molecule has 2 amide bonds. The van der Waals surface area contributed by atoms with Crippen molar-refractivity contribution in [1.29, 1.82) is 0 Å². The fourth-order valence-corrected chi connectivity index (χ4v) is 5.40. The predicted octanol–water partition coefficient (Wildman–Crippen LogP) is 4.81. The number of aromatic nitrogens is 2. The van der Waals surface area contributed by atoms with Crippen molar-refractivity contribution < 1.29 is 9.59 Å². The molecular weight excluding hydrogens is 460 g/mol. The van der Waals surface area contributed by atoms with E-state index in [-0.39, 0.29) is 11.8 Å². The van der Waals surface area contributed by atoms with Crippen molar-refractivity contribution in [2.24, 2.45) is 7.05 Å². The van der Waals surface area contributed by atoms with Crippen LogP contribution in [0.5, 0.6) is 0 Å². The Bertz CT molecular complexity index is 1720. The summed E-state index contributed by atoms with van der Waals surface area (Å²) in [7, 11) is 6.08. The summed E-state index contributed by atoms with van der Waals surface area (Å²) in [5.41, 5.74) is 6.86. The van der Waals surface area contributed by atoms with Crippen molar-refractivity contribution >= 4 is 44.8 Å². The number of hydrogen-bond acceptors (Lipinski definition) is 3. The molecule has 6 nitrogen and oxygen atoms in total. The number of benzene rings is 3. The molecule has 0 bridgehead atoms. The van der Waals surface area contributed by atoms with Crippen LogP contribution < -0.4 is 5.32 Å². The molecule has 2 aromatic heterocycles. The predicted molar refractivity (Wildman–Crippen MR) is 148 cm³/mol. The summed E-state index contributed by atoms with van der Waals surface area (Å²) in [5.74, 6) is -0.714. The van der Waals surface area contributed by atoms with Gasteiger partial charge < -0.3 is 14.0 Å². The van der Waals surface area contributed by atoms with Gasteiger partial charge in [-0.25, -0.2) is 0 Å². The summed E-state index contributed by atoms with van der Waals surface area (Å²) in [6.45, 7) is 1.56. The summed E-state index contributed by atoms with van der Waals surface area (Å²) in [4.78, 5) is 28.5. The molecule has 6 rings (SSSR count). The third-order valence-corrected chi connectivity index (χ3v) is 7.03. The maximum atomic E-state index is 13.2. The fraction of sp³-hybridized carbons (Fsp3) is 0.161. The van der Waals surface area contributed by atoms with E-state index in [1.807, 2.05) is 66.5 Å². The van der Waals surface area contributed by atoms with Crippen LogP contribution in [0.3, 0.4) is 0 Å². The number of amides is 2. The zero-order chi connectivity index (χ0) is 25.7. The molecule has 0 radical (unpaired) electrons. The van der Waals surface area contributed by atoms with Gasteiger partial charge in [0.1, 0.15) is 0 Å². The van der Waals surface area contributed by atoms with Crippen molar-refractivity contribution in [1.82, 2.24) is 19.4 Å². The van der Waals surface area contributed by atoms with E-state index in [2.05, 4.69) is 59.2 Å². The number of imide groups is 1. The first-order valence-electron chi connectivity index (χ1n) is 12.4. The van der Waals surface area contributed by atoms with E-state index in [1.54, 1.807) is 0 Å². The Morgan fingerprint density at radius 2 is 1.24 bits per heavy atom. The second kappa shape index (κ2) is 8.91. The highest BCUT2D eigenvalue weighted by Crippen LogP contribution is 2.38. The Hall–Kier alpha value is -4.42. The lowest BCUT2D eigenvalue weighted by atomic mass is 9.95. The van der Waals surface area contributed by atoms with Crippen molar-refractivity contribution in [2.45, 2.75) is 13.1 Å². The first-order chi connectivity index (χ1) is 17.9. The summed E-state index contributed by atoms with van der Waals surface area (Å²) < 4.78 is 4.16. The smallest absolute Gasteiger partial charge is 0.259 e. The number of fused-ring (bicyclic) bond motifs is 2. The van der Waals surface area contributed by atoms with Crippen LogP contribution in [-0.4, -0.2) is 39.9 Å². The second-order valence-electron chi connectivity index (χ2n) is 9.95. The number of nitrogens with one attached hydrogen (secondary N) is 1. The number of rotatable bonds is 6. The zero-order valence-corrected chi connectivity index (χ0v) is 21.2. The Morgan fingerprint density at radius 3 is 1.89 bits per heavy atom. The van der Waals surface area contributed by atoms with Gasteiger partial charge in [-0.1, -0.05) is 60.7 Å². The van der Waals surface area contributed by atoms with Gasteiger partial charge in [0.15, 0.2) is 0 Å². The Balaban J connectivity index is 1.50. The number of aryl methyl sites for hydroxylation is 1. The lowest BCUT2D eigenvalue weighted by Crippen LogP contribution is -2.22. The van der Waals surface area contributed by atoms with E-state index < -0.39 is 0 Å². The highest BCUT2D eigenvalue weighted by molar-refractivity contribution is 6.50. The molecule has 0 unspecified atom stereocenters. The van der Waals surface area contributed by atoms with Gasteiger partial charge >= 0.3 is 0 Å². The second-order valence-corrected chi connectivity index (χ2v) is 9.95. The number of carbonyl (C=O) groups excluding carboxylic acids is 2. The van der Waals surface area contributed by atoms with Gasteiger partial charge in [0, 0.05) is 65.5 Å². The molecule has 1 N–H and O–H groups in total. The summed E-state index contributed by atoms with van der Waals surface area (Å²) in [6.07, 6.45) is 3.95. The molecule has 0 atom stereocenters. The number of hydrogen-bond donors (Lipinski definition) is 1. The highest BCUT2D eigenvalue weighted by atomic mass is 16.2. The molecule has 0 saturated heterocycles. The third kappa shape index (κ3) is 3.96. The Kier molecular flexibility index (Phi) is 5.54. The first-order valence-corrected chi connectivity index (χ1v) is 12.4. The molecule has 0 spiro atoms. The molecule has 0 fully saturated rings. The van der Waals surface area contributed by atoms with E-state index in [0.29, 0.717) is 17.7 Å². The lowest BCUT2D eigenvalue weighted by Gasteiger charge is -2.11. The average molecular weight is 489 g/mol. The molecule has 1 aliphatic rings. The molecule has 37 heavy (non-hydrogen) atoms. The minimum Gasteiger partial charge on any atom is -0.350 e. The van der Waals surface area contributed by atoms with Crippen LogP contribution in [0, 0.1) is 0 Å². The minimum atomic E-state index is -0.358. The monoisotopic (exact) mass is 488 g/mol. The lowest BCUT2D eigenvalue weighted by molar-refractivity contribution is -0.122. The van der Waals surface area contributed by atoms with Crippen LogP contribution in [0.2, 0.25) is 0 Å². The van der Waals surface area contributed by atoms with Gasteiger partial charge in [-0.05, 0) is 37.4 Å². The maximum absolute atomic E-state index is 13.2. The van der Waals surface area contributed by atoms with Gasteiger partial charge in [-0.2, -0.15) is 0 Å². The van der Waals surface area contributed by atoms with Crippen LogP contribution in [0.4, 0.5) is 0 Å². The van der Waals surface area contributed by atoms with Crippen molar-refractivity contribution in [2.75, 3.05) is 14.1 Å². The summed E-state index contributed by atoms with van der Waals surface area (Å²) in [5, 5.41) is 4.46. The average Bonchev–Trinajstić information content (AvgIpc) is 3.50. The molecule has 3 heterocycles. The molecule has 0 aliphatic carbocycles. The quantitative estimate of drug-likeness (QED) is 0.349. The van der Waals surface area contributed by atoms with Crippen molar-refractivity contribution in [3.63, 3.8) is 0 Å². The van der Waals surface area contributed by atoms with E-state index in [0.717, 1.165) is 39.5 Å².